The van der Waals surface area contributed by atoms with Crippen LogP contribution in [0.1, 0.15) is 5.56 Å². The van der Waals surface area contributed by atoms with Crippen molar-refractivity contribution in [2.45, 2.75) is 6.54 Å². The van der Waals surface area contributed by atoms with Crippen LogP contribution in [0.3, 0.4) is 0 Å². The fourth-order valence-corrected chi connectivity index (χ4v) is 2.03. The van der Waals surface area contributed by atoms with Crippen molar-refractivity contribution in [3.05, 3.63) is 46.0 Å². The zero-order chi connectivity index (χ0) is 12.4. The molecule has 0 radical (unpaired) electrons. The van der Waals surface area contributed by atoms with Crippen LogP contribution in [0.5, 0.6) is 0 Å². The minimum absolute atomic E-state index is 0.00167. The van der Waals surface area contributed by atoms with Crippen molar-refractivity contribution >= 4 is 17.2 Å². The van der Waals surface area contributed by atoms with Gasteiger partial charge in [0.05, 0.1) is 5.51 Å². The summed E-state index contributed by atoms with van der Waals surface area (Å²) in [5, 5.41) is 1.76. The average Bonchev–Trinajstić information content (AvgIpc) is 2.76. The largest absolute Gasteiger partial charge is 0.354 e. The number of hydrogen-bond acceptors (Lipinski definition) is 3. The summed E-state index contributed by atoms with van der Waals surface area (Å²) in [6.45, 7) is 0.00167. The summed E-state index contributed by atoms with van der Waals surface area (Å²) in [5.41, 5.74) is 1.46. The summed E-state index contributed by atoms with van der Waals surface area (Å²) in [6, 6.07) is 1.35. The fourth-order valence-electron chi connectivity index (χ4n) is 1.44. The number of thiazole rings is 1. The third kappa shape index (κ3) is 2.58. The minimum Gasteiger partial charge on any atom is -0.354 e. The normalized spacial score (nSPS) is 10.6. The molecule has 0 aliphatic carbocycles. The number of benzene rings is 1. The summed E-state index contributed by atoms with van der Waals surface area (Å²) >= 11 is 1.39. The van der Waals surface area contributed by atoms with Crippen LogP contribution in [-0.4, -0.2) is 12.0 Å². The highest BCUT2D eigenvalue weighted by molar-refractivity contribution is 7.07. The Bertz CT molecular complexity index is 490. The molecule has 1 heterocycles. The molecular formula is C11H9F3N2S. The first kappa shape index (κ1) is 11.9. The van der Waals surface area contributed by atoms with Crippen molar-refractivity contribution in [1.82, 2.24) is 4.98 Å². The van der Waals surface area contributed by atoms with Gasteiger partial charge >= 0.3 is 0 Å². The van der Waals surface area contributed by atoms with Gasteiger partial charge in [0.2, 0.25) is 0 Å². The summed E-state index contributed by atoms with van der Waals surface area (Å²) in [6.07, 6.45) is 0. The van der Waals surface area contributed by atoms with Crippen LogP contribution >= 0.6 is 11.3 Å². The van der Waals surface area contributed by atoms with Crippen LogP contribution in [0.4, 0.5) is 19.0 Å². The van der Waals surface area contributed by atoms with E-state index in [1.54, 1.807) is 22.8 Å². The van der Waals surface area contributed by atoms with Crippen LogP contribution in [0.25, 0.3) is 0 Å². The van der Waals surface area contributed by atoms with Crippen molar-refractivity contribution in [1.29, 1.82) is 0 Å². The van der Waals surface area contributed by atoms with Crippen molar-refractivity contribution in [2.24, 2.45) is 0 Å². The van der Waals surface area contributed by atoms with Gasteiger partial charge < -0.3 is 4.90 Å². The van der Waals surface area contributed by atoms with E-state index >= 15 is 0 Å². The Morgan fingerprint density at radius 3 is 2.41 bits per heavy atom. The molecule has 17 heavy (non-hydrogen) atoms. The van der Waals surface area contributed by atoms with Gasteiger partial charge in [-0.3, -0.25) is 0 Å². The third-order valence-electron chi connectivity index (χ3n) is 2.31. The van der Waals surface area contributed by atoms with Gasteiger partial charge in [-0.05, 0) is 0 Å². The standard InChI is InChI=1S/C11H9F3N2S/c1-16(11-5-17-6-15-11)4-8-9(13)2-7(12)3-10(8)14/h2-3,5-6H,4H2,1H3. The predicted molar refractivity (Wildman–Crippen MR) is 60.5 cm³/mol. The molecule has 2 aromatic rings. The SMILES string of the molecule is CN(Cc1c(F)cc(F)cc1F)c1cscn1. The molecule has 0 atom stereocenters. The zero-order valence-corrected chi connectivity index (χ0v) is 9.77. The lowest BCUT2D eigenvalue weighted by molar-refractivity contribution is 0.522. The Labute approximate surface area is 100 Å². The molecule has 0 saturated heterocycles. The summed E-state index contributed by atoms with van der Waals surface area (Å²) in [5.74, 6) is -2.06. The van der Waals surface area contributed by atoms with Gasteiger partial charge in [-0.2, -0.15) is 0 Å². The van der Waals surface area contributed by atoms with Crippen LogP contribution in [-0.2, 0) is 6.54 Å². The Morgan fingerprint density at radius 2 is 1.88 bits per heavy atom. The minimum atomic E-state index is -0.917. The Balaban J connectivity index is 2.25. The Hall–Kier alpha value is -1.56. The van der Waals surface area contributed by atoms with Crippen LogP contribution in [0.15, 0.2) is 23.0 Å². The highest BCUT2D eigenvalue weighted by atomic mass is 32.1. The fraction of sp³-hybridized carbons (Fsp3) is 0.182. The number of halogens is 3. The van der Waals surface area contributed by atoms with Gasteiger partial charge in [-0.15, -0.1) is 11.3 Å². The molecule has 6 heteroatoms. The second-order valence-electron chi connectivity index (χ2n) is 3.55. The van der Waals surface area contributed by atoms with E-state index in [0.29, 0.717) is 18.0 Å². The molecule has 0 aliphatic rings. The first-order chi connectivity index (χ1) is 8.08. The first-order valence-corrected chi connectivity index (χ1v) is 5.75. The highest BCUT2D eigenvalue weighted by Crippen LogP contribution is 2.20. The van der Waals surface area contributed by atoms with Gasteiger partial charge in [0.1, 0.15) is 23.3 Å². The lowest BCUT2D eigenvalue weighted by atomic mass is 10.2. The molecule has 2 nitrogen and oxygen atoms in total. The molecule has 0 bridgehead atoms. The monoisotopic (exact) mass is 258 g/mol. The lowest BCUT2D eigenvalue weighted by Crippen LogP contribution is -2.18. The molecule has 0 N–H and O–H groups in total. The maximum Gasteiger partial charge on any atom is 0.139 e. The first-order valence-electron chi connectivity index (χ1n) is 4.80. The second-order valence-corrected chi connectivity index (χ2v) is 4.27. The number of aromatic nitrogens is 1. The lowest BCUT2D eigenvalue weighted by Gasteiger charge is -2.17. The third-order valence-corrected chi connectivity index (χ3v) is 2.89. The van der Waals surface area contributed by atoms with E-state index in [1.165, 1.54) is 11.3 Å². The summed E-state index contributed by atoms with van der Waals surface area (Å²) in [7, 11) is 1.66. The summed E-state index contributed by atoms with van der Waals surface area (Å²) < 4.78 is 39.5. The molecule has 0 saturated carbocycles. The molecular weight excluding hydrogens is 249 g/mol. The van der Waals surface area contributed by atoms with E-state index in [1.807, 2.05) is 0 Å². The van der Waals surface area contributed by atoms with Crippen molar-refractivity contribution in [3.8, 4) is 0 Å². The molecule has 0 fully saturated rings. The van der Waals surface area contributed by atoms with Crippen LogP contribution in [0, 0.1) is 17.5 Å². The van der Waals surface area contributed by atoms with Gasteiger partial charge in [0, 0.05) is 36.7 Å². The van der Waals surface area contributed by atoms with Crippen LogP contribution in [0.2, 0.25) is 0 Å². The quantitative estimate of drug-likeness (QED) is 0.840. The topological polar surface area (TPSA) is 16.1 Å². The maximum atomic E-state index is 13.4. The van der Waals surface area contributed by atoms with Gasteiger partial charge in [-0.25, -0.2) is 18.2 Å². The molecule has 2 rings (SSSR count). The Morgan fingerprint density at radius 1 is 1.24 bits per heavy atom. The van der Waals surface area contributed by atoms with Gasteiger partial charge in [0.25, 0.3) is 0 Å². The van der Waals surface area contributed by atoms with E-state index in [0.717, 1.165) is 0 Å². The zero-order valence-electron chi connectivity index (χ0n) is 8.95. The molecule has 0 amide bonds. The van der Waals surface area contributed by atoms with E-state index < -0.39 is 17.5 Å². The molecule has 90 valence electrons. The van der Waals surface area contributed by atoms with Crippen molar-refractivity contribution < 1.29 is 13.2 Å². The summed E-state index contributed by atoms with van der Waals surface area (Å²) in [4.78, 5) is 5.61. The van der Waals surface area contributed by atoms with E-state index in [-0.39, 0.29) is 12.1 Å². The van der Waals surface area contributed by atoms with Gasteiger partial charge in [-0.1, -0.05) is 0 Å². The average molecular weight is 258 g/mol. The molecule has 0 aliphatic heterocycles. The van der Waals surface area contributed by atoms with Crippen LogP contribution < -0.4 is 4.90 Å². The second kappa shape index (κ2) is 4.75. The number of anilines is 1. The van der Waals surface area contributed by atoms with E-state index in [2.05, 4.69) is 4.98 Å². The smallest absolute Gasteiger partial charge is 0.139 e. The van der Waals surface area contributed by atoms with Crippen molar-refractivity contribution in [3.63, 3.8) is 0 Å². The molecule has 1 aromatic carbocycles. The number of hydrogen-bond donors (Lipinski definition) is 0. The molecule has 0 unspecified atom stereocenters. The number of rotatable bonds is 3. The predicted octanol–water partition coefficient (Wildman–Crippen LogP) is 3.20. The van der Waals surface area contributed by atoms with E-state index in [9.17, 15) is 13.2 Å². The highest BCUT2D eigenvalue weighted by Gasteiger charge is 2.14. The Kier molecular flexibility index (Phi) is 3.33. The maximum absolute atomic E-state index is 13.4. The van der Waals surface area contributed by atoms with Gasteiger partial charge in [0.15, 0.2) is 0 Å². The molecule has 1 aromatic heterocycles. The van der Waals surface area contributed by atoms with Crippen molar-refractivity contribution in [2.75, 3.05) is 11.9 Å². The van der Waals surface area contributed by atoms with E-state index in [4.69, 9.17) is 0 Å². The molecule has 0 spiro atoms. The number of nitrogens with zero attached hydrogens (tertiary/aromatic N) is 2.